The molecule has 0 spiro atoms. The number of nitrogens with one attached hydrogen (secondary N) is 2. The van der Waals surface area contributed by atoms with Crippen molar-refractivity contribution in [1.29, 1.82) is 0 Å². The molecule has 0 radical (unpaired) electrons. The fourth-order valence-electron chi connectivity index (χ4n) is 5.60. The van der Waals surface area contributed by atoms with E-state index in [9.17, 15) is 18.8 Å². The number of carboxylic acids is 1. The van der Waals surface area contributed by atoms with E-state index in [1.807, 2.05) is 17.7 Å². The first kappa shape index (κ1) is 30.3. The molecular weight excluding hydrogens is 567 g/mol. The first-order valence-corrected chi connectivity index (χ1v) is 14.2. The summed E-state index contributed by atoms with van der Waals surface area (Å²) in [5.74, 6) is -2.14. The highest BCUT2D eigenvalue weighted by Gasteiger charge is 2.32. The SMILES string of the molecule is COc1nc(NC(=O)C(C)(C)NC(=O)c2ccc3c(C4CCCC4)c(-c4ccc(F)cn4)n(C)c3c2)cnc1/C=C/C(=O)O. The molecule has 3 heterocycles. The van der Waals surface area contributed by atoms with Gasteiger partial charge in [0.2, 0.25) is 5.88 Å². The summed E-state index contributed by atoms with van der Waals surface area (Å²) >= 11 is 0. The number of aromatic nitrogens is 4. The molecule has 11 nitrogen and oxygen atoms in total. The van der Waals surface area contributed by atoms with Crippen molar-refractivity contribution in [2.24, 2.45) is 7.05 Å². The number of methoxy groups -OCH3 is 1. The van der Waals surface area contributed by atoms with Crippen molar-refractivity contribution in [2.75, 3.05) is 12.4 Å². The van der Waals surface area contributed by atoms with Gasteiger partial charge in [-0.1, -0.05) is 18.9 Å². The van der Waals surface area contributed by atoms with Crippen LogP contribution in [0.4, 0.5) is 10.2 Å². The number of anilines is 1. The minimum atomic E-state index is -1.35. The van der Waals surface area contributed by atoms with E-state index in [0.717, 1.165) is 53.9 Å². The van der Waals surface area contributed by atoms with Crippen molar-refractivity contribution in [3.8, 4) is 17.3 Å². The fourth-order valence-corrected chi connectivity index (χ4v) is 5.60. The van der Waals surface area contributed by atoms with Crippen LogP contribution in [0.2, 0.25) is 0 Å². The van der Waals surface area contributed by atoms with E-state index >= 15 is 0 Å². The molecule has 0 saturated heterocycles. The number of rotatable bonds is 9. The van der Waals surface area contributed by atoms with Crippen molar-refractivity contribution < 1.29 is 28.6 Å². The zero-order valence-electron chi connectivity index (χ0n) is 24.8. The highest BCUT2D eigenvalue weighted by atomic mass is 19.1. The summed E-state index contributed by atoms with van der Waals surface area (Å²) in [7, 11) is 3.26. The number of nitrogens with zero attached hydrogens (tertiary/aromatic N) is 4. The van der Waals surface area contributed by atoms with Gasteiger partial charge >= 0.3 is 5.97 Å². The first-order chi connectivity index (χ1) is 21.0. The molecule has 3 N–H and O–H groups in total. The van der Waals surface area contributed by atoms with Gasteiger partial charge in [-0.15, -0.1) is 0 Å². The molecule has 1 fully saturated rings. The summed E-state index contributed by atoms with van der Waals surface area (Å²) in [6, 6.07) is 8.55. The lowest BCUT2D eigenvalue weighted by Crippen LogP contribution is -2.52. The van der Waals surface area contributed by atoms with Crippen LogP contribution >= 0.6 is 0 Å². The second-order valence-electron chi connectivity index (χ2n) is 11.3. The third-order valence-corrected chi connectivity index (χ3v) is 7.81. The highest BCUT2D eigenvalue weighted by Crippen LogP contribution is 2.44. The van der Waals surface area contributed by atoms with E-state index in [-0.39, 0.29) is 17.4 Å². The Balaban J connectivity index is 1.39. The number of aliphatic carboxylic acids is 1. The van der Waals surface area contributed by atoms with Gasteiger partial charge < -0.3 is 25.0 Å². The number of benzene rings is 1. The summed E-state index contributed by atoms with van der Waals surface area (Å²) in [6.07, 6.45) is 8.98. The molecule has 1 aromatic carbocycles. The summed E-state index contributed by atoms with van der Waals surface area (Å²) in [5, 5.41) is 15.3. The van der Waals surface area contributed by atoms with Crippen molar-refractivity contribution in [3.63, 3.8) is 0 Å². The third kappa shape index (κ3) is 6.14. The van der Waals surface area contributed by atoms with Gasteiger partial charge in [-0.05, 0) is 68.5 Å². The summed E-state index contributed by atoms with van der Waals surface area (Å²) in [4.78, 5) is 50.1. The van der Waals surface area contributed by atoms with Crippen molar-refractivity contribution in [3.05, 3.63) is 71.4 Å². The molecule has 44 heavy (non-hydrogen) atoms. The summed E-state index contributed by atoms with van der Waals surface area (Å²) < 4.78 is 20.9. The number of amides is 2. The molecule has 3 aromatic heterocycles. The molecular formula is C32H33FN6O5. The molecule has 0 bridgehead atoms. The lowest BCUT2D eigenvalue weighted by atomic mass is 9.93. The molecule has 5 rings (SSSR count). The summed E-state index contributed by atoms with van der Waals surface area (Å²) in [6.45, 7) is 3.12. The number of hydrogen-bond acceptors (Lipinski definition) is 7. The lowest BCUT2D eigenvalue weighted by Gasteiger charge is -2.25. The Morgan fingerprint density at radius 3 is 2.52 bits per heavy atom. The molecule has 12 heteroatoms. The number of pyridine rings is 1. The number of ether oxygens (including phenoxy) is 1. The molecule has 1 aliphatic rings. The molecule has 0 unspecified atom stereocenters. The van der Waals surface area contributed by atoms with Crippen molar-refractivity contribution >= 4 is 40.6 Å². The standard InChI is InChI=1S/C32H33FN6O5/c1-32(2,31(43)37-25-17-35-23(13-14-26(40)41)30(36-25)44-4)38-29(42)19-9-11-21-24(15-19)39(3)28(22-12-10-20(33)16-34-22)27(21)18-7-5-6-8-18/h9-18H,5-8H2,1-4H3,(H,38,42)(H,40,41)(H,36,37,43)/b14-13+. The second-order valence-corrected chi connectivity index (χ2v) is 11.3. The van der Waals surface area contributed by atoms with Crippen LogP contribution in [0, 0.1) is 5.82 Å². The maximum Gasteiger partial charge on any atom is 0.328 e. The van der Waals surface area contributed by atoms with Crippen molar-refractivity contribution in [2.45, 2.75) is 51.0 Å². The number of carbonyl (C=O) groups is 3. The van der Waals surface area contributed by atoms with Crippen LogP contribution in [-0.4, -0.2) is 55.1 Å². The van der Waals surface area contributed by atoms with Gasteiger partial charge in [0.15, 0.2) is 5.82 Å². The van der Waals surface area contributed by atoms with E-state index < -0.39 is 29.1 Å². The Bertz CT molecular complexity index is 1770. The van der Waals surface area contributed by atoms with E-state index in [0.29, 0.717) is 17.2 Å². The van der Waals surface area contributed by atoms with E-state index in [1.165, 1.54) is 31.6 Å². The normalized spacial score (nSPS) is 13.8. The fraction of sp³-hybridized carbons (Fsp3) is 0.312. The van der Waals surface area contributed by atoms with Gasteiger partial charge in [-0.25, -0.2) is 14.2 Å². The van der Waals surface area contributed by atoms with Crippen LogP contribution < -0.4 is 15.4 Å². The predicted molar refractivity (Wildman–Crippen MR) is 163 cm³/mol. The van der Waals surface area contributed by atoms with E-state index in [2.05, 4.69) is 25.6 Å². The largest absolute Gasteiger partial charge is 0.479 e. The lowest BCUT2D eigenvalue weighted by molar-refractivity contribution is -0.131. The van der Waals surface area contributed by atoms with Gasteiger partial charge in [0.05, 0.1) is 30.9 Å². The Kier molecular flexibility index (Phi) is 8.43. The maximum absolute atomic E-state index is 13.7. The monoisotopic (exact) mass is 600 g/mol. The van der Waals surface area contributed by atoms with Gasteiger partial charge in [0.1, 0.15) is 17.1 Å². The van der Waals surface area contributed by atoms with Crippen LogP contribution in [0.5, 0.6) is 5.88 Å². The smallest absolute Gasteiger partial charge is 0.328 e. The van der Waals surface area contributed by atoms with E-state index in [4.69, 9.17) is 9.84 Å². The van der Waals surface area contributed by atoms with E-state index in [1.54, 1.807) is 32.0 Å². The molecule has 4 aromatic rings. The number of carbonyl (C=O) groups excluding carboxylic acids is 2. The minimum absolute atomic E-state index is 0.0187. The Morgan fingerprint density at radius 1 is 1.11 bits per heavy atom. The van der Waals surface area contributed by atoms with Crippen LogP contribution in [0.3, 0.4) is 0 Å². The highest BCUT2D eigenvalue weighted by molar-refractivity contribution is 6.05. The van der Waals surface area contributed by atoms with Gasteiger partial charge in [-0.2, -0.15) is 4.98 Å². The van der Waals surface area contributed by atoms with Gasteiger partial charge in [0, 0.05) is 29.6 Å². The minimum Gasteiger partial charge on any atom is -0.479 e. The summed E-state index contributed by atoms with van der Waals surface area (Å²) in [5.41, 5.74) is 2.76. The number of hydrogen-bond donors (Lipinski definition) is 3. The topological polar surface area (TPSA) is 148 Å². The Hall–Kier alpha value is -5.13. The average Bonchev–Trinajstić information content (AvgIpc) is 3.62. The zero-order chi connectivity index (χ0) is 31.6. The van der Waals surface area contributed by atoms with Crippen LogP contribution in [0.1, 0.15) is 67.1 Å². The average molecular weight is 601 g/mol. The number of aryl methyl sites for hydroxylation is 1. The van der Waals surface area contributed by atoms with Crippen molar-refractivity contribution in [1.82, 2.24) is 24.8 Å². The molecule has 0 aliphatic heterocycles. The third-order valence-electron chi connectivity index (χ3n) is 7.81. The Morgan fingerprint density at radius 2 is 1.86 bits per heavy atom. The molecule has 228 valence electrons. The molecule has 2 amide bonds. The van der Waals surface area contributed by atoms with Gasteiger partial charge in [0.25, 0.3) is 11.8 Å². The second kappa shape index (κ2) is 12.2. The van der Waals surface area contributed by atoms with Gasteiger partial charge in [-0.3, -0.25) is 14.6 Å². The molecule has 0 atom stereocenters. The number of halogens is 1. The van der Waals surface area contributed by atoms with Crippen LogP contribution in [-0.2, 0) is 16.6 Å². The molecule has 1 aliphatic carbocycles. The zero-order valence-corrected chi connectivity index (χ0v) is 24.8. The number of carboxylic acid groups (broad SMARTS) is 1. The van der Waals surface area contributed by atoms with Crippen LogP contribution in [0.25, 0.3) is 28.4 Å². The predicted octanol–water partition coefficient (Wildman–Crippen LogP) is 5.08. The quantitative estimate of drug-likeness (QED) is 0.225. The first-order valence-electron chi connectivity index (χ1n) is 14.2. The molecule has 1 saturated carbocycles. The number of fused-ring (bicyclic) bond motifs is 1. The maximum atomic E-state index is 13.7. The Labute approximate surface area is 253 Å². The van der Waals surface area contributed by atoms with Crippen LogP contribution in [0.15, 0.2) is 48.8 Å².